The number of aromatic nitrogens is 1. The van der Waals surface area contributed by atoms with Crippen molar-refractivity contribution in [3.8, 4) is 0 Å². The van der Waals surface area contributed by atoms with Gasteiger partial charge in [0, 0.05) is 10.7 Å². The summed E-state index contributed by atoms with van der Waals surface area (Å²) in [4.78, 5) is 26.5. The Morgan fingerprint density at radius 1 is 1.38 bits per heavy atom. The number of hydrogen-bond acceptors (Lipinski definition) is 3. The summed E-state index contributed by atoms with van der Waals surface area (Å²) in [5.41, 5.74) is 0.731. The highest BCUT2D eigenvalue weighted by molar-refractivity contribution is 9.10. The first-order chi connectivity index (χ1) is 9.97. The molecule has 7 heteroatoms. The van der Waals surface area contributed by atoms with Crippen molar-refractivity contribution in [2.75, 3.05) is 5.32 Å². The van der Waals surface area contributed by atoms with Crippen molar-refractivity contribution in [1.82, 2.24) is 4.98 Å². The number of carbonyl (C=O) groups excluding carboxylic acids is 2. The molecule has 21 heavy (non-hydrogen) atoms. The molecule has 0 bridgehead atoms. The molecule has 1 amide bonds. The molecule has 0 unspecified atom stereocenters. The number of hydrogen-bond donors (Lipinski definition) is 2. The monoisotopic (exact) mass is 370 g/mol. The summed E-state index contributed by atoms with van der Waals surface area (Å²) < 4.78 is 5.80. The molecule has 0 aliphatic carbocycles. The molecule has 110 valence electrons. The minimum atomic E-state index is -0.948. The lowest BCUT2D eigenvalue weighted by Gasteiger charge is -2.13. The number of nitrogens with one attached hydrogen (secondary N) is 2. The fourth-order valence-corrected chi connectivity index (χ4v) is 2.09. The van der Waals surface area contributed by atoms with Gasteiger partial charge >= 0.3 is 5.97 Å². The van der Waals surface area contributed by atoms with Gasteiger partial charge in [0.15, 0.2) is 6.10 Å². The average Bonchev–Trinajstić information content (AvgIpc) is 2.88. The lowest BCUT2D eigenvalue weighted by molar-refractivity contribution is -0.123. The third kappa shape index (κ3) is 4.09. The number of ether oxygens (including phenoxy) is 1. The second-order valence-electron chi connectivity index (χ2n) is 4.25. The molecule has 0 saturated carbocycles. The van der Waals surface area contributed by atoms with Gasteiger partial charge in [-0.15, -0.1) is 0 Å². The normalized spacial score (nSPS) is 11.8. The van der Waals surface area contributed by atoms with Crippen LogP contribution >= 0.6 is 27.5 Å². The summed E-state index contributed by atoms with van der Waals surface area (Å²) in [6, 6.07) is 8.39. The van der Waals surface area contributed by atoms with Crippen LogP contribution in [0.2, 0.25) is 5.02 Å². The lowest BCUT2D eigenvalue weighted by atomic mass is 10.3. The fourth-order valence-electron chi connectivity index (χ4n) is 1.56. The zero-order chi connectivity index (χ0) is 15.4. The SMILES string of the molecule is C[C@@H](OC(=O)c1cc(Br)c[nH]1)C(=O)Nc1ccccc1Cl. The molecule has 2 N–H and O–H groups in total. The molecule has 0 radical (unpaired) electrons. The van der Waals surface area contributed by atoms with Gasteiger partial charge in [-0.3, -0.25) is 4.79 Å². The van der Waals surface area contributed by atoms with Gasteiger partial charge in [0.2, 0.25) is 0 Å². The minimum Gasteiger partial charge on any atom is -0.448 e. The molecule has 5 nitrogen and oxygen atoms in total. The summed E-state index contributed by atoms with van der Waals surface area (Å²) in [6.45, 7) is 1.49. The number of H-pyrrole nitrogens is 1. The Bertz CT molecular complexity index is 672. The van der Waals surface area contributed by atoms with Crippen LogP contribution in [0.5, 0.6) is 0 Å². The smallest absolute Gasteiger partial charge is 0.355 e. The van der Waals surface area contributed by atoms with E-state index in [1.807, 2.05) is 0 Å². The van der Waals surface area contributed by atoms with E-state index in [9.17, 15) is 9.59 Å². The molecule has 1 aromatic carbocycles. The van der Waals surface area contributed by atoms with E-state index in [4.69, 9.17) is 16.3 Å². The summed E-state index contributed by atoms with van der Waals surface area (Å²) >= 11 is 9.16. The van der Waals surface area contributed by atoms with Crippen LogP contribution in [-0.2, 0) is 9.53 Å². The van der Waals surface area contributed by atoms with Gasteiger partial charge in [0.1, 0.15) is 5.69 Å². The first-order valence-corrected chi connectivity index (χ1v) is 7.25. The van der Waals surface area contributed by atoms with Gasteiger partial charge < -0.3 is 15.0 Å². The van der Waals surface area contributed by atoms with Crippen LogP contribution in [0.3, 0.4) is 0 Å². The molecular weight excluding hydrogens is 360 g/mol. The van der Waals surface area contributed by atoms with Crippen molar-refractivity contribution in [1.29, 1.82) is 0 Å². The van der Waals surface area contributed by atoms with Gasteiger partial charge in [-0.25, -0.2) is 4.79 Å². The maximum atomic E-state index is 12.0. The highest BCUT2D eigenvalue weighted by Crippen LogP contribution is 2.21. The van der Waals surface area contributed by atoms with Crippen molar-refractivity contribution in [3.63, 3.8) is 0 Å². The largest absolute Gasteiger partial charge is 0.448 e. The highest BCUT2D eigenvalue weighted by Gasteiger charge is 2.20. The zero-order valence-electron chi connectivity index (χ0n) is 11.0. The molecule has 1 atom stereocenters. The number of para-hydroxylation sites is 1. The van der Waals surface area contributed by atoms with E-state index in [1.165, 1.54) is 6.92 Å². The van der Waals surface area contributed by atoms with Crippen LogP contribution in [0.15, 0.2) is 41.0 Å². The molecule has 1 heterocycles. The molecule has 2 aromatic rings. The Morgan fingerprint density at radius 3 is 2.71 bits per heavy atom. The number of anilines is 1. The number of rotatable bonds is 4. The number of amides is 1. The Morgan fingerprint density at radius 2 is 2.10 bits per heavy atom. The summed E-state index contributed by atoms with van der Waals surface area (Å²) in [5, 5.41) is 3.02. The van der Waals surface area contributed by atoms with E-state index in [1.54, 1.807) is 36.5 Å². The summed E-state index contributed by atoms with van der Waals surface area (Å²) in [6.07, 6.45) is 0.654. The maximum absolute atomic E-state index is 12.0. The second kappa shape index (κ2) is 6.78. The molecule has 2 rings (SSSR count). The summed E-state index contributed by atoms with van der Waals surface area (Å²) in [7, 11) is 0. The van der Waals surface area contributed by atoms with E-state index < -0.39 is 18.0 Å². The molecule has 0 aliphatic heterocycles. The van der Waals surface area contributed by atoms with Crippen LogP contribution in [0.1, 0.15) is 17.4 Å². The van der Waals surface area contributed by atoms with Crippen LogP contribution in [-0.4, -0.2) is 23.0 Å². The van der Waals surface area contributed by atoms with E-state index in [-0.39, 0.29) is 5.69 Å². The van der Waals surface area contributed by atoms with Crippen molar-refractivity contribution < 1.29 is 14.3 Å². The number of halogens is 2. The fraction of sp³-hybridized carbons (Fsp3) is 0.143. The van der Waals surface area contributed by atoms with Crippen LogP contribution in [0.4, 0.5) is 5.69 Å². The number of benzene rings is 1. The van der Waals surface area contributed by atoms with Gasteiger partial charge in [-0.05, 0) is 41.1 Å². The average molecular weight is 372 g/mol. The Labute approximate surface area is 134 Å². The Kier molecular flexibility index (Phi) is 5.03. The third-order valence-corrected chi connectivity index (χ3v) is 3.44. The van der Waals surface area contributed by atoms with Gasteiger partial charge in [-0.1, -0.05) is 23.7 Å². The number of carbonyl (C=O) groups is 2. The third-order valence-electron chi connectivity index (χ3n) is 2.65. The van der Waals surface area contributed by atoms with Crippen molar-refractivity contribution in [2.45, 2.75) is 13.0 Å². The number of aromatic amines is 1. The topological polar surface area (TPSA) is 71.2 Å². The highest BCUT2D eigenvalue weighted by atomic mass is 79.9. The predicted molar refractivity (Wildman–Crippen MR) is 83.5 cm³/mol. The second-order valence-corrected chi connectivity index (χ2v) is 5.57. The first kappa shape index (κ1) is 15.6. The van der Waals surface area contributed by atoms with Crippen LogP contribution < -0.4 is 5.32 Å². The van der Waals surface area contributed by atoms with E-state index >= 15 is 0 Å². The Balaban J connectivity index is 1.97. The molecule has 0 spiro atoms. The first-order valence-electron chi connectivity index (χ1n) is 6.07. The number of esters is 1. The quantitative estimate of drug-likeness (QED) is 0.807. The molecule has 0 fully saturated rings. The maximum Gasteiger partial charge on any atom is 0.355 e. The lowest BCUT2D eigenvalue weighted by Crippen LogP contribution is -2.30. The van der Waals surface area contributed by atoms with Crippen molar-refractivity contribution >= 4 is 45.1 Å². The standard InChI is InChI=1S/C14H12BrClN2O3/c1-8(21-14(20)12-6-9(15)7-17-12)13(19)18-11-5-3-2-4-10(11)16/h2-8,17H,1H3,(H,18,19)/t8-/m1/s1. The minimum absolute atomic E-state index is 0.263. The predicted octanol–water partition coefficient (Wildman–Crippen LogP) is 3.61. The van der Waals surface area contributed by atoms with Gasteiger partial charge in [0.05, 0.1) is 10.7 Å². The van der Waals surface area contributed by atoms with Gasteiger partial charge in [-0.2, -0.15) is 0 Å². The van der Waals surface area contributed by atoms with E-state index in [0.29, 0.717) is 10.7 Å². The van der Waals surface area contributed by atoms with Crippen LogP contribution in [0.25, 0.3) is 0 Å². The molecular formula is C14H12BrClN2O3. The Hall–Kier alpha value is -1.79. The van der Waals surface area contributed by atoms with E-state index in [0.717, 1.165) is 4.47 Å². The van der Waals surface area contributed by atoms with Crippen LogP contribution in [0, 0.1) is 0 Å². The molecule has 0 aliphatic rings. The van der Waals surface area contributed by atoms with Gasteiger partial charge in [0.25, 0.3) is 5.91 Å². The zero-order valence-corrected chi connectivity index (χ0v) is 13.4. The molecule has 1 aromatic heterocycles. The van der Waals surface area contributed by atoms with Crippen molar-refractivity contribution in [2.24, 2.45) is 0 Å². The van der Waals surface area contributed by atoms with E-state index in [2.05, 4.69) is 26.2 Å². The summed E-state index contributed by atoms with van der Waals surface area (Å²) in [5.74, 6) is -1.07. The van der Waals surface area contributed by atoms with Crippen molar-refractivity contribution in [3.05, 3.63) is 51.7 Å². The molecule has 0 saturated heterocycles.